The van der Waals surface area contributed by atoms with E-state index in [1.807, 2.05) is 17.8 Å². The molecule has 0 bridgehead atoms. The monoisotopic (exact) mass is 472 g/mol. The van der Waals surface area contributed by atoms with Gasteiger partial charge in [-0.3, -0.25) is 4.79 Å². The predicted molar refractivity (Wildman–Crippen MR) is 126 cm³/mol. The van der Waals surface area contributed by atoms with E-state index in [9.17, 15) is 4.79 Å². The van der Waals surface area contributed by atoms with Gasteiger partial charge in [0, 0.05) is 49.5 Å². The fourth-order valence-electron chi connectivity index (χ4n) is 5.28. The molecule has 0 radical (unpaired) electrons. The summed E-state index contributed by atoms with van der Waals surface area (Å²) < 4.78 is 1.96. The largest absolute Gasteiger partial charge is 0.503 e. The van der Waals surface area contributed by atoms with Gasteiger partial charge in [0.2, 0.25) is 5.91 Å². The van der Waals surface area contributed by atoms with Crippen LogP contribution in [0, 0.1) is 12.8 Å². The van der Waals surface area contributed by atoms with Crippen LogP contribution in [-0.4, -0.2) is 54.4 Å². The lowest BCUT2D eigenvalue weighted by atomic mass is 9.68. The summed E-state index contributed by atoms with van der Waals surface area (Å²) in [6.07, 6.45) is 8.23. The Bertz CT molecular complexity index is 1110. The molecule has 11 nitrogen and oxygen atoms in total. The Balaban J connectivity index is 0.000000636. The van der Waals surface area contributed by atoms with Gasteiger partial charge in [0.25, 0.3) is 0 Å². The number of primary amides is 1. The van der Waals surface area contributed by atoms with Crippen LogP contribution in [0.5, 0.6) is 0 Å². The van der Waals surface area contributed by atoms with E-state index in [2.05, 4.69) is 17.4 Å². The van der Waals surface area contributed by atoms with Crippen LogP contribution in [0.2, 0.25) is 0 Å². The van der Waals surface area contributed by atoms with Crippen LogP contribution in [0.4, 0.5) is 10.5 Å². The number of anilines is 1. The Labute approximate surface area is 197 Å². The number of carboxylic acid groups (broad SMARTS) is 2. The zero-order valence-corrected chi connectivity index (χ0v) is 19.6. The second-order valence-electron chi connectivity index (χ2n) is 9.41. The minimum absolute atomic E-state index is 0.106. The van der Waals surface area contributed by atoms with Crippen LogP contribution in [0.15, 0.2) is 11.4 Å². The molecule has 2 aromatic heterocycles. The molecule has 3 heterocycles. The van der Waals surface area contributed by atoms with E-state index < -0.39 is 6.16 Å². The molecule has 5 N–H and O–H groups in total. The molecule has 2 aromatic rings. The highest BCUT2D eigenvalue weighted by Gasteiger charge is 2.53. The van der Waals surface area contributed by atoms with Crippen molar-refractivity contribution in [1.82, 2.24) is 14.8 Å². The molecular weight excluding hydrogens is 440 g/mol. The number of nitrogens with one attached hydrogen (secondary N) is 1. The van der Waals surface area contributed by atoms with E-state index in [-0.39, 0.29) is 17.4 Å². The minimum Gasteiger partial charge on any atom is -0.450 e. The highest BCUT2D eigenvalue weighted by Crippen LogP contribution is 2.48. The molecule has 2 fully saturated rings. The number of aromatic nitrogens is 3. The molecule has 2 aliphatic carbocycles. The molecule has 3 aliphatic rings. The topological polar surface area (TPSA) is 165 Å². The summed E-state index contributed by atoms with van der Waals surface area (Å²) in [5.74, 6) is -0.354. The van der Waals surface area contributed by atoms with E-state index in [0.717, 1.165) is 40.2 Å². The first-order chi connectivity index (χ1) is 16.2. The number of hydrogen-bond acceptors (Lipinski definition) is 7. The summed E-state index contributed by atoms with van der Waals surface area (Å²) in [7, 11) is 0. The summed E-state index contributed by atoms with van der Waals surface area (Å²) >= 11 is 0. The molecular formula is C23H32N6O5. The van der Waals surface area contributed by atoms with Crippen LogP contribution < -0.4 is 11.1 Å². The Kier molecular flexibility index (Phi) is 6.63. The van der Waals surface area contributed by atoms with Crippen LogP contribution in [0.1, 0.15) is 69.5 Å². The number of nitrogens with zero attached hydrogens (tertiary/aromatic N) is 4. The molecule has 0 unspecified atom stereocenters. The van der Waals surface area contributed by atoms with Crippen LogP contribution in [-0.2, 0) is 16.2 Å². The summed E-state index contributed by atoms with van der Waals surface area (Å²) in [4.78, 5) is 30.6. The molecule has 5 rings (SSSR count). The van der Waals surface area contributed by atoms with Gasteiger partial charge in [-0.25, -0.2) is 14.5 Å². The van der Waals surface area contributed by atoms with Crippen molar-refractivity contribution in [2.45, 2.75) is 83.4 Å². The molecule has 0 aromatic carbocycles. The first-order valence-corrected chi connectivity index (χ1v) is 11.8. The number of aryl methyl sites for hydroxylation is 2. The first kappa shape index (κ1) is 23.8. The fraction of sp³-hybridized carbons (Fsp3) is 0.609. The van der Waals surface area contributed by atoms with Gasteiger partial charge in [-0.15, -0.1) is 0 Å². The molecule has 1 aliphatic heterocycles. The highest BCUT2D eigenvalue weighted by molar-refractivity contribution is 6.11. The number of rotatable bonds is 5. The van der Waals surface area contributed by atoms with Crippen molar-refractivity contribution in [1.29, 1.82) is 0 Å². The highest BCUT2D eigenvalue weighted by atomic mass is 16.7. The van der Waals surface area contributed by atoms with Crippen LogP contribution in [0.25, 0.3) is 11.0 Å². The average molecular weight is 473 g/mol. The van der Waals surface area contributed by atoms with E-state index in [1.165, 1.54) is 32.1 Å². The Hall–Kier alpha value is -3.37. The lowest BCUT2D eigenvalue weighted by Crippen LogP contribution is -2.49. The number of amides is 1. The molecule has 184 valence electrons. The molecule has 1 amide bonds. The van der Waals surface area contributed by atoms with Gasteiger partial charge in [-0.05, 0) is 26.7 Å². The van der Waals surface area contributed by atoms with Crippen molar-refractivity contribution >= 4 is 34.5 Å². The van der Waals surface area contributed by atoms with Crippen molar-refractivity contribution < 1.29 is 24.6 Å². The van der Waals surface area contributed by atoms with Crippen LogP contribution >= 0.6 is 0 Å². The normalized spacial score (nSPS) is 24.1. The van der Waals surface area contributed by atoms with E-state index in [4.69, 9.17) is 35.7 Å². The van der Waals surface area contributed by atoms with Gasteiger partial charge in [-0.2, -0.15) is 5.10 Å². The van der Waals surface area contributed by atoms with Gasteiger partial charge in [-0.1, -0.05) is 24.4 Å². The number of hydrogen-bond donors (Lipinski definition) is 4. The second kappa shape index (κ2) is 9.47. The lowest BCUT2D eigenvalue weighted by Gasteiger charge is -2.40. The number of oxime groups is 1. The van der Waals surface area contributed by atoms with E-state index in [1.54, 1.807) is 0 Å². The maximum Gasteiger partial charge on any atom is 0.503 e. The van der Waals surface area contributed by atoms with Crippen molar-refractivity contribution in [2.75, 3.05) is 5.32 Å². The van der Waals surface area contributed by atoms with Gasteiger partial charge < -0.3 is 26.1 Å². The molecule has 34 heavy (non-hydrogen) atoms. The molecule has 0 saturated heterocycles. The Morgan fingerprint density at radius 2 is 1.94 bits per heavy atom. The summed E-state index contributed by atoms with van der Waals surface area (Å²) in [6.45, 7) is 4.91. The third-order valence-corrected chi connectivity index (χ3v) is 6.98. The number of fused-ring (bicyclic) bond motifs is 1. The smallest absolute Gasteiger partial charge is 0.450 e. The third kappa shape index (κ3) is 4.64. The third-order valence-electron chi connectivity index (χ3n) is 6.98. The van der Waals surface area contributed by atoms with Crippen molar-refractivity contribution in [3.05, 3.63) is 17.5 Å². The summed E-state index contributed by atoms with van der Waals surface area (Å²) in [6, 6.07) is 0.451. The van der Waals surface area contributed by atoms with Gasteiger partial charge >= 0.3 is 6.16 Å². The van der Waals surface area contributed by atoms with Crippen LogP contribution in [0.3, 0.4) is 0 Å². The zero-order valence-electron chi connectivity index (χ0n) is 19.6. The second-order valence-corrected chi connectivity index (χ2v) is 9.41. The van der Waals surface area contributed by atoms with Crippen molar-refractivity contribution in [3.8, 4) is 0 Å². The molecule has 1 spiro atoms. The lowest BCUT2D eigenvalue weighted by molar-refractivity contribution is -0.144. The average Bonchev–Trinajstić information content (AvgIpc) is 3.35. The quantitative estimate of drug-likeness (QED) is 0.513. The summed E-state index contributed by atoms with van der Waals surface area (Å²) in [5.41, 5.74) is 9.93. The van der Waals surface area contributed by atoms with Gasteiger partial charge in [0.15, 0.2) is 5.65 Å². The van der Waals surface area contributed by atoms with Gasteiger partial charge in [0.1, 0.15) is 5.60 Å². The first-order valence-electron chi connectivity index (χ1n) is 11.8. The maximum absolute atomic E-state index is 11.5. The van der Waals surface area contributed by atoms with E-state index in [0.29, 0.717) is 25.3 Å². The Morgan fingerprint density at radius 3 is 2.56 bits per heavy atom. The maximum atomic E-state index is 11.5. The number of pyridine rings is 1. The molecule has 0 atom stereocenters. The predicted octanol–water partition coefficient (Wildman–Crippen LogP) is 3.49. The Morgan fingerprint density at radius 1 is 1.26 bits per heavy atom. The van der Waals surface area contributed by atoms with Crippen molar-refractivity contribution in [2.24, 2.45) is 16.8 Å². The van der Waals surface area contributed by atoms with Gasteiger partial charge in [0.05, 0.1) is 22.5 Å². The fourth-order valence-corrected chi connectivity index (χ4v) is 5.28. The number of nitrogens with two attached hydrogens (primary N) is 1. The van der Waals surface area contributed by atoms with Crippen molar-refractivity contribution in [3.63, 3.8) is 0 Å². The standard InChI is InChI=1S/C22H30N6O2.CH2O3/c1-3-28-21-18(13(2)26-28)19(25-15-7-5-4-6-8-15)16(12-24-21)17-11-22(30-27-17)9-14(10-22)20(23)29;2-1(3)4/h12,14-15H,3-11H2,1-2H3,(H2,23,29)(H,24,25);(H2,2,3,4). The van der Waals surface area contributed by atoms with E-state index >= 15 is 0 Å². The molecule has 11 heteroatoms. The molecule has 2 saturated carbocycles. The minimum atomic E-state index is -1.83. The number of carbonyl (C=O) groups excluding carboxylic acids is 1. The summed E-state index contributed by atoms with van der Waals surface area (Å²) in [5, 5.41) is 28.0. The SMILES string of the molecule is CCn1nc(C)c2c(NC3CCCCC3)c(C3=NOC4(C3)CC(C(N)=O)C4)cnc21.O=C(O)O. The number of carbonyl (C=O) groups is 2. The zero-order chi connectivity index (χ0) is 24.5.